The van der Waals surface area contributed by atoms with Gasteiger partial charge in [0.05, 0.1) is 13.2 Å². The van der Waals surface area contributed by atoms with Crippen LogP contribution in [0.2, 0.25) is 0 Å². The van der Waals surface area contributed by atoms with E-state index in [1.54, 1.807) is 32.0 Å². The van der Waals surface area contributed by atoms with Gasteiger partial charge in [-0.2, -0.15) is 0 Å². The van der Waals surface area contributed by atoms with Crippen LogP contribution in [-0.4, -0.2) is 18.2 Å². The van der Waals surface area contributed by atoms with Crippen molar-refractivity contribution in [1.29, 1.82) is 0 Å². The fourth-order valence-corrected chi connectivity index (χ4v) is 3.87. The highest BCUT2D eigenvalue weighted by atomic mass is 31.2. The van der Waals surface area contributed by atoms with Crippen molar-refractivity contribution in [1.82, 2.24) is 4.98 Å². The lowest BCUT2D eigenvalue weighted by Crippen LogP contribution is -2.16. The van der Waals surface area contributed by atoms with Crippen LogP contribution in [0.4, 0.5) is 0 Å². The molecule has 1 heterocycles. The molecule has 0 unspecified atom stereocenters. The number of fused-ring (bicyclic) bond motifs is 2. The first kappa shape index (κ1) is 15.0. The van der Waals surface area contributed by atoms with E-state index in [9.17, 15) is 9.36 Å². The van der Waals surface area contributed by atoms with E-state index in [0.717, 1.165) is 0 Å². The predicted molar refractivity (Wildman–Crippen MR) is 82.6 cm³/mol. The van der Waals surface area contributed by atoms with Crippen LogP contribution in [0.5, 0.6) is 0 Å². The SMILES string of the molecule is CCOP(=O)(OCC)c1coc2c3ccccc3c(=O)c=2[nH]1. The second-order valence-electron chi connectivity index (χ2n) is 4.66. The number of hydrogen-bond acceptors (Lipinski definition) is 5. The average molecular weight is 321 g/mol. The van der Waals surface area contributed by atoms with Crippen molar-refractivity contribution in [2.75, 3.05) is 13.2 Å². The zero-order valence-electron chi connectivity index (χ0n) is 12.3. The van der Waals surface area contributed by atoms with Crippen molar-refractivity contribution >= 4 is 23.8 Å². The summed E-state index contributed by atoms with van der Waals surface area (Å²) in [5.74, 6) is 0. The zero-order valence-corrected chi connectivity index (χ0v) is 13.2. The second-order valence-corrected chi connectivity index (χ2v) is 6.65. The minimum Gasteiger partial charge on any atom is -0.459 e. The van der Waals surface area contributed by atoms with Gasteiger partial charge in [-0.3, -0.25) is 9.36 Å². The van der Waals surface area contributed by atoms with E-state index < -0.39 is 7.60 Å². The van der Waals surface area contributed by atoms with Gasteiger partial charge < -0.3 is 18.4 Å². The topological polar surface area (TPSA) is 81.5 Å². The fourth-order valence-electron chi connectivity index (χ4n) is 2.41. The number of nitrogens with one attached hydrogen (secondary N) is 1. The summed E-state index contributed by atoms with van der Waals surface area (Å²) in [7, 11) is -3.53. The second kappa shape index (κ2) is 5.72. The lowest BCUT2D eigenvalue weighted by atomic mass is 10.2. The Balaban J connectivity index is 2.29. The third-order valence-corrected chi connectivity index (χ3v) is 5.31. The van der Waals surface area contributed by atoms with Crippen molar-refractivity contribution in [2.24, 2.45) is 0 Å². The van der Waals surface area contributed by atoms with Gasteiger partial charge >= 0.3 is 7.60 Å². The Bertz CT molecular complexity index is 964. The molecule has 1 aromatic rings. The summed E-state index contributed by atoms with van der Waals surface area (Å²) in [5.41, 5.74) is 0.371. The quantitative estimate of drug-likeness (QED) is 0.731. The molecule has 0 spiro atoms. The van der Waals surface area contributed by atoms with Gasteiger partial charge in [0.1, 0.15) is 11.6 Å². The maximum absolute atomic E-state index is 12.7. The highest BCUT2D eigenvalue weighted by Gasteiger charge is 2.29. The van der Waals surface area contributed by atoms with Gasteiger partial charge in [-0.05, 0) is 13.8 Å². The van der Waals surface area contributed by atoms with E-state index in [2.05, 4.69) is 4.98 Å². The monoisotopic (exact) mass is 321 g/mol. The van der Waals surface area contributed by atoms with E-state index in [0.29, 0.717) is 16.2 Å². The Morgan fingerprint density at radius 2 is 1.77 bits per heavy atom. The van der Waals surface area contributed by atoms with Crippen LogP contribution in [0.25, 0.3) is 10.8 Å². The Morgan fingerprint density at radius 1 is 1.14 bits per heavy atom. The highest BCUT2D eigenvalue weighted by Crippen LogP contribution is 2.45. The van der Waals surface area contributed by atoms with Gasteiger partial charge in [-0.1, -0.05) is 24.3 Å². The normalized spacial score (nSPS) is 12.3. The molecule has 0 aromatic heterocycles. The Morgan fingerprint density at radius 3 is 2.41 bits per heavy atom. The largest absolute Gasteiger partial charge is 0.459 e. The molecule has 1 aliphatic carbocycles. The van der Waals surface area contributed by atoms with Crippen LogP contribution < -0.4 is 10.9 Å². The number of aromatic amines is 1. The first-order valence-corrected chi connectivity index (χ1v) is 8.57. The van der Waals surface area contributed by atoms with Gasteiger partial charge in [0.15, 0.2) is 10.9 Å². The van der Waals surface area contributed by atoms with Crippen molar-refractivity contribution in [3.8, 4) is 0 Å². The number of rotatable bonds is 5. The standard InChI is InChI=1S/C15H16NO5P/c1-3-20-22(18,21-4-2)12-9-19-15-11-8-6-5-7-10(11)14(17)13(15)16-12/h5-9,16H,3-4H2,1-2H3. The molecule has 0 fully saturated rings. The molecular weight excluding hydrogens is 305 g/mol. The van der Waals surface area contributed by atoms with Crippen molar-refractivity contribution in [2.45, 2.75) is 13.8 Å². The molecule has 0 saturated carbocycles. The molecular formula is C15H16NO5P. The summed E-state index contributed by atoms with van der Waals surface area (Å²) < 4.78 is 28.8. The third kappa shape index (κ3) is 2.29. The Hall–Kier alpha value is -1.88. The van der Waals surface area contributed by atoms with E-state index in [1.165, 1.54) is 6.26 Å². The van der Waals surface area contributed by atoms with Gasteiger partial charge in [0, 0.05) is 10.8 Å². The summed E-state index contributed by atoms with van der Waals surface area (Å²) in [6.07, 6.45) is 1.29. The van der Waals surface area contributed by atoms with Crippen LogP contribution in [0, 0.1) is 10.8 Å². The van der Waals surface area contributed by atoms with Crippen LogP contribution in [0.15, 0.2) is 39.7 Å². The molecule has 0 amide bonds. The van der Waals surface area contributed by atoms with Gasteiger partial charge in [0.2, 0.25) is 5.43 Å². The molecule has 0 saturated heterocycles. The lowest BCUT2D eigenvalue weighted by molar-refractivity contribution is 0.228. The molecule has 6 nitrogen and oxygen atoms in total. The number of aromatic nitrogens is 1. The van der Waals surface area contributed by atoms with Crippen LogP contribution in [-0.2, 0) is 13.6 Å². The number of benzene rings is 1. The predicted octanol–water partition coefficient (Wildman–Crippen LogP) is 2.74. The molecule has 2 aliphatic rings. The maximum atomic E-state index is 12.7. The van der Waals surface area contributed by atoms with Crippen molar-refractivity contribution < 1.29 is 18.0 Å². The third-order valence-electron chi connectivity index (χ3n) is 3.31. The summed E-state index contributed by atoms with van der Waals surface area (Å²) >= 11 is 0. The first-order valence-electron chi connectivity index (χ1n) is 7.02. The first-order chi connectivity index (χ1) is 10.6. The minimum atomic E-state index is -3.53. The van der Waals surface area contributed by atoms with E-state index in [4.69, 9.17) is 13.5 Å². The van der Waals surface area contributed by atoms with Gasteiger partial charge in [-0.15, -0.1) is 0 Å². The molecule has 1 N–H and O–H groups in total. The summed E-state index contributed by atoms with van der Waals surface area (Å²) in [5, 5.41) is 1.53. The van der Waals surface area contributed by atoms with Crippen molar-refractivity contribution in [3.05, 3.63) is 51.5 Å². The summed E-state index contributed by atoms with van der Waals surface area (Å²) in [6, 6.07) is 7.15. The molecule has 22 heavy (non-hydrogen) atoms. The Kier molecular flexibility index (Phi) is 3.91. The zero-order chi connectivity index (χ0) is 15.7. The molecule has 7 heteroatoms. The fraction of sp³-hybridized carbons (Fsp3) is 0.267. The van der Waals surface area contributed by atoms with E-state index >= 15 is 0 Å². The number of H-pyrrole nitrogens is 1. The smallest absolute Gasteiger partial charge is 0.380 e. The van der Waals surface area contributed by atoms with Crippen LogP contribution >= 0.6 is 7.60 Å². The molecule has 0 bridgehead atoms. The van der Waals surface area contributed by atoms with Crippen LogP contribution in [0.3, 0.4) is 0 Å². The molecule has 1 aliphatic heterocycles. The minimum absolute atomic E-state index is 0.135. The molecule has 1 aromatic carbocycles. The molecule has 0 radical (unpaired) electrons. The Labute approximate surface area is 126 Å². The summed E-state index contributed by atoms with van der Waals surface area (Å²) in [6.45, 7) is 3.88. The lowest BCUT2D eigenvalue weighted by Gasteiger charge is -2.15. The number of hydrogen-bond donors (Lipinski definition) is 1. The highest BCUT2D eigenvalue weighted by molar-refractivity contribution is 7.61. The van der Waals surface area contributed by atoms with Crippen LogP contribution in [0.1, 0.15) is 13.8 Å². The molecule has 3 rings (SSSR count). The van der Waals surface area contributed by atoms with E-state index in [-0.39, 0.29) is 29.4 Å². The van der Waals surface area contributed by atoms with Gasteiger partial charge in [-0.25, -0.2) is 0 Å². The summed E-state index contributed by atoms with van der Waals surface area (Å²) in [4.78, 5) is 15.3. The average Bonchev–Trinajstić information content (AvgIpc) is 2.81. The van der Waals surface area contributed by atoms with Crippen molar-refractivity contribution in [3.63, 3.8) is 0 Å². The molecule has 0 atom stereocenters. The van der Waals surface area contributed by atoms with Gasteiger partial charge in [0.25, 0.3) is 0 Å². The molecule has 116 valence electrons. The van der Waals surface area contributed by atoms with E-state index in [1.807, 2.05) is 6.07 Å². The maximum Gasteiger partial charge on any atom is 0.380 e.